The first kappa shape index (κ1) is 38.5. The van der Waals surface area contributed by atoms with Crippen LogP contribution in [0.3, 0.4) is 0 Å². The van der Waals surface area contributed by atoms with Crippen molar-refractivity contribution < 1.29 is 38.6 Å². The number of rotatable bonds is 5. The fraction of sp³-hybridized carbons (Fsp3) is 0.824. The van der Waals surface area contributed by atoms with E-state index < -0.39 is 89.8 Å². The third-order valence-electron chi connectivity index (χ3n) is 10.4. The first-order valence-electron chi connectivity index (χ1n) is 18.0. The van der Waals surface area contributed by atoms with Crippen molar-refractivity contribution in [1.82, 2.24) is 36.0 Å². The van der Waals surface area contributed by atoms with Crippen LogP contribution in [-0.4, -0.2) is 130 Å². The smallest absolute Gasteiger partial charge is 0.329 e. The molecule has 4 aliphatic rings. The van der Waals surface area contributed by atoms with Gasteiger partial charge in [0.1, 0.15) is 30.2 Å². The molecule has 4 aliphatic heterocycles. The zero-order chi connectivity index (χ0) is 36.3. The van der Waals surface area contributed by atoms with Gasteiger partial charge in [-0.15, -0.1) is 0 Å². The number of hydrogen-bond donors (Lipinski definition) is 4. The molecule has 5 amide bonds. The molecule has 4 saturated heterocycles. The summed E-state index contributed by atoms with van der Waals surface area (Å²) in [6, 6.07) is -5.18. The molecule has 4 N–H and O–H groups in total. The second-order valence-electron chi connectivity index (χ2n) is 15.2. The van der Waals surface area contributed by atoms with Gasteiger partial charge in [0.05, 0.1) is 6.10 Å². The van der Waals surface area contributed by atoms with E-state index in [9.17, 15) is 33.9 Å². The summed E-state index contributed by atoms with van der Waals surface area (Å²) in [6.07, 6.45) is -0.303. The summed E-state index contributed by atoms with van der Waals surface area (Å²) >= 11 is 0. The van der Waals surface area contributed by atoms with Gasteiger partial charge in [-0.1, -0.05) is 48.5 Å². The number of hydrazine groups is 2. The third-order valence-corrected chi connectivity index (χ3v) is 10.4. The molecule has 9 unspecified atom stereocenters. The normalized spacial score (nSPS) is 33.5. The first-order chi connectivity index (χ1) is 23.1. The van der Waals surface area contributed by atoms with E-state index in [0.717, 1.165) is 0 Å². The van der Waals surface area contributed by atoms with Crippen LogP contribution in [0.15, 0.2) is 0 Å². The summed E-state index contributed by atoms with van der Waals surface area (Å²) in [4.78, 5) is 88.0. The summed E-state index contributed by atoms with van der Waals surface area (Å²) in [5, 5.41) is 15.9. The minimum absolute atomic E-state index is 0.00592. The van der Waals surface area contributed by atoms with Gasteiger partial charge in [-0.2, -0.15) is 0 Å². The number of carbonyl (C=O) groups excluding carboxylic acids is 6. The van der Waals surface area contributed by atoms with E-state index in [4.69, 9.17) is 4.74 Å². The van der Waals surface area contributed by atoms with Gasteiger partial charge in [0.25, 0.3) is 11.8 Å². The summed E-state index contributed by atoms with van der Waals surface area (Å²) in [5.74, 6) is -4.25. The van der Waals surface area contributed by atoms with E-state index in [1.807, 2.05) is 27.7 Å². The van der Waals surface area contributed by atoms with Crippen LogP contribution in [0.5, 0.6) is 0 Å². The maximum atomic E-state index is 14.4. The van der Waals surface area contributed by atoms with Gasteiger partial charge in [-0.25, -0.2) is 15.6 Å². The molecule has 0 aromatic rings. The highest BCUT2D eigenvalue weighted by Gasteiger charge is 2.48. The van der Waals surface area contributed by atoms with Crippen LogP contribution in [0.1, 0.15) is 87.0 Å². The lowest BCUT2D eigenvalue weighted by Gasteiger charge is -2.45. The summed E-state index contributed by atoms with van der Waals surface area (Å²) in [5.41, 5.74) is 5.94. The van der Waals surface area contributed by atoms with Crippen molar-refractivity contribution in [2.24, 2.45) is 23.7 Å². The highest BCUT2D eigenvalue weighted by Crippen LogP contribution is 2.29. The predicted octanol–water partition coefficient (Wildman–Crippen LogP) is 0.171. The van der Waals surface area contributed by atoms with Gasteiger partial charge in [0.15, 0.2) is 6.10 Å². The Hall–Kier alpha value is -3.30. The number of amides is 5. The van der Waals surface area contributed by atoms with Gasteiger partial charge in [-0.05, 0) is 49.9 Å². The lowest BCUT2D eigenvalue weighted by Crippen LogP contribution is -2.69. The highest BCUT2D eigenvalue weighted by atomic mass is 16.6. The third kappa shape index (κ3) is 8.37. The molecule has 0 bridgehead atoms. The molecule has 0 aromatic carbocycles. The van der Waals surface area contributed by atoms with Gasteiger partial charge < -0.3 is 25.0 Å². The minimum Gasteiger partial charge on any atom is -0.450 e. The monoisotopic (exact) mass is 691 g/mol. The molecule has 0 spiro atoms. The lowest BCUT2D eigenvalue weighted by atomic mass is 9.96. The van der Waals surface area contributed by atoms with Crippen molar-refractivity contribution in [3.8, 4) is 0 Å². The number of likely N-dealkylation sites (N-methyl/N-ethyl adjacent to an activating group) is 1. The highest BCUT2D eigenvalue weighted by molar-refractivity contribution is 5.97. The molecule has 0 aliphatic carbocycles. The van der Waals surface area contributed by atoms with Crippen LogP contribution in [0.25, 0.3) is 0 Å². The van der Waals surface area contributed by atoms with Gasteiger partial charge in [0.2, 0.25) is 17.7 Å². The molecule has 15 nitrogen and oxygen atoms in total. The van der Waals surface area contributed by atoms with Crippen molar-refractivity contribution in [2.75, 3.05) is 26.7 Å². The summed E-state index contributed by atoms with van der Waals surface area (Å²) < 4.78 is 5.93. The molecular weight excluding hydrogens is 634 g/mol. The number of ether oxygens (including phenoxy) is 1. The van der Waals surface area contributed by atoms with Crippen molar-refractivity contribution in [1.29, 1.82) is 0 Å². The number of β-amino-alcohol motifs (C(OH)–C–C–N with tert-alkyl or cyclic N) is 1. The zero-order valence-electron chi connectivity index (χ0n) is 30.3. The summed E-state index contributed by atoms with van der Waals surface area (Å²) in [6.45, 7) is 13.7. The first-order valence-corrected chi connectivity index (χ1v) is 18.0. The van der Waals surface area contributed by atoms with Crippen LogP contribution in [0, 0.1) is 23.7 Å². The SMILES string of the molecule is CCC(C)C1OC(=O)C(C(C)C)NC(=O)C2CC(C)CN2C(=O)C(CC(C)C)N(C)C(=O)C2CC(O)CNN2C(=O)C2CCCNN2C1=O. The number of hydrogen-bond acceptors (Lipinski definition) is 10. The van der Waals surface area contributed by atoms with Crippen LogP contribution in [0.4, 0.5) is 0 Å². The van der Waals surface area contributed by atoms with Gasteiger partial charge in [-0.3, -0.25) is 34.0 Å². The standard InChI is InChI=1S/C34H57N7O8/c1-9-21(7)28-33(47)40-23(11-10-12-35-40)32(46)41-26(15-22(42)16-36-41)30(44)38(8)25(13-18(2)3)31(45)39-17-20(6)14-24(39)29(43)37-27(19(4)5)34(48)49-28/h18-28,35-36,42H,9-17H2,1-8H3,(H,37,43). The van der Waals surface area contributed by atoms with Crippen LogP contribution >= 0.6 is 0 Å². The van der Waals surface area contributed by atoms with E-state index in [0.29, 0.717) is 32.2 Å². The number of aliphatic hydroxyl groups excluding tert-OH is 1. The molecule has 0 radical (unpaired) electrons. The Balaban J connectivity index is 1.84. The molecule has 0 aromatic heterocycles. The number of esters is 1. The maximum Gasteiger partial charge on any atom is 0.329 e. The van der Waals surface area contributed by atoms with Crippen molar-refractivity contribution >= 4 is 35.5 Å². The molecular formula is C34H57N7O8. The second kappa shape index (κ2) is 16.2. The molecule has 4 rings (SSSR count). The van der Waals surface area contributed by atoms with E-state index in [-0.39, 0.29) is 37.8 Å². The second-order valence-corrected chi connectivity index (χ2v) is 15.2. The minimum atomic E-state index is -1.27. The number of carbonyl (C=O) groups is 6. The fourth-order valence-corrected chi connectivity index (χ4v) is 7.26. The predicted molar refractivity (Wildman–Crippen MR) is 179 cm³/mol. The Labute approximate surface area is 289 Å². The Morgan fingerprint density at radius 2 is 1.55 bits per heavy atom. The molecule has 4 heterocycles. The van der Waals surface area contributed by atoms with Crippen LogP contribution in [-0.2, 0) is 33.5 Å². The Morgan fingerprint density at radius 3 is 2.18 bits per heavy atom. The van der Waals surface area contributed by atoms with Crippen molar-refractivity contribution in [2.45, 2.75) is 129 Å². The van der Waals surface area contributed by atoms with Gasteiger partial charge >= 0.3 is 5.97 Å². The van der Waals surface area contributed by atoms with Crippen LogP contribution < -0.4 is 16.2 Å². The lowest BCUT2D eigenvalue weighted by molar-refractivity contribution is -0.175. The topological polar surface area (TPSA) is 181 Å². The largest absolute Gasteiger partial charge is 0.450 e. The fourth-order valence-electron chi connectivity index (χ4n) is 7.26. The molecule has 9 atom stereocenters. The number of cyclic esters (lactones) is 1. The molecule has 276 valence electrons. The maximum absolute atomic E-state index is 14.4. The van der Waals surface area contributed by atoms with Crippen LogP contribution in [0.2, 0.25) is 0 Å². The Kier molecular flexibility index (Phi) is 12.7. The van der Waals surface area contributed by atoms with Crippen molar-refractivity contribution in [3.05, 3.63) is 0 Å². The summed E-state index contributed by atoms with van der Waals surface area (Å²) in [7, 11) is 1.52. The molecule has 15 heteroatoms. The number of fused-ring (bicyclic) bond motifs is 3. The van der Waals surface area contributed by atoms with E-state index in [2.05, 4.69) is 16.2 Å². The quantitative estimate of drug-likeness (QED) is 0.290. The average Bonchev–Trinajstić information content (AvgIpc) is 3.47. The average molecular weight is 692 g/mol. The molecule has 4 fully saturated rings. The number of nitrogens with one attached hydrogen (secondary N) is 3. The molecule has 49 heavy (non-hydrogen) atoms. The Bertz CT molecular complexity index is 1260. The van der Waals surface area contributed by atoms with Gasteiger partial charge in [0, 0.05) is 39.0 Å². The van der Waals surface area contributed by atoms with Crippen molar-refractivity contribution in [3.63, 3.8) is 0 Å². The van der Waals surface area contributed by atoms with E-state index in [1.165, 1.54) is 26.9 Å². The Morgan fingerprint density at radius 1 is 0.878 bits per heavy atom. The number of nitrogens with zero attached hydrogens (tertiary/aromatic N) is 4. The number of aliphatic hydroxyl groups is 1. The zero-order valence-corrected chi connectivity index (χ0v) is 30.3. The van der Waals surface area contributed by atoms with E-state index >= 15 is 0 Å². The van der Waals surface area contributed by atoms with E-state index in [1.54, 1.807) is 20.8 Å². The molecule has 0 saturated carbocycles.